The lowest BCUT2D eigenvalue weighted by atomic mass is 9.71. The van der Waals surface area contributed by atoms with Crippen LogP contribution in [0.2, 0.25) is 0 Å². The molecule has 25 heavy (non-hydrogen) atoms. The maximum atomic E-state index is 12.8. The molecule has 3 aliphatic rings. The van der Waals surface area contributed by atoms with E-state index >= 15 is 0 Å². The quantitative estimate of drug-likeness (QED) is 0.909. The van der Waals surface area contributed by atoms with Crippen molar-refractivity contribution in [2.24, 2.45) is 5.41 Å². The molecule has 1 atom stereocenters. The van der Waals surface area contributed by atoms with Crippen molar-refractivity contribution in [3.05, 3.63) is 12.2 Å². The number of carbonyl (C=O) groups is 1. The van der Waals surface area contributed by atoms with E-state index in [0.717, 1.165) is 64.4 Å². The summed E-state index contributed by atoms with van der Waals surface area (Å²) in [6.07, 6.45) is 8.48. The van der Waals surface area contributed by atoms with Crippen LogP contribution in [-0.2, 0) is 11.3 Å². The molecule has 1 aromatic rings. The van der Waals surface area contributed by atoms with E-state index in [0.29, 0.717) is 6.04 Å². The van der Waals surface area contributed by atoms with Crippen LogP contribution in [0.25, 0.3) is 0 Å². The van der Waals surface area contributed by atoms with Gasteiger partial charge in [0.1, 0.15) is 12.2 Å². The molecule has 0 radical (unpaired) electrons. The molecule has 7 heteroatoms. The number of carbonyl (C=O) groups excluding carboxylic acids is 1. The number of aromatic nitrogens is 3. The Balaban J connectivity index is 1.55. The van der Waals surface area contributed by atoms with Gasteiger partial charge in [-0.25, -0.2) is 4.79 Å². The van der Waals surface area contributed by atoms with Gasteiger partial charge in [0.25, 0.3) is 0 Å². The van der Waals surface area contributed by atoms with Crippen molar-refractivity contribution in [2.75, 3.05) is 26.3 Å². The van der Waals surface area contributed by atoms with Crippen LogP contribution in [0, 0.1) is 5.41 Å². The van der Waals surface area contributed by atoms with E-state index in [4.69, 9.17) is 4.74 Å². The van der Waals surface area contributed by atoms with Gasteiger partial charge in [-0.15, -0.1) is 10.2 Å². The molecule has 1 N–H and O–H groups in total. The van der Waals surface area contributed by atoms with E-state index in [-0.39, 0.29) is 17.4 Å². The fourth-order valence-corrected chi connectivity index (χ4v) is 4.88. The first kappa shape index (κ1) is 16.8. The summed E-state index contributed by atoms with van der Waals surface area (Å²) in [7, 11) is 0. The predicted octanol–water partition coefficient (Wildman–Crippen LogP) is 2.15. The Morgan fingerprint density at radius 1 is 1.36 bits per heavy atom. The van der Waals surface area contributed by atoms with Crippen molar-refractivity contribution >= 4 is 6.03 Å². The molecule has 2 aliphatic heterocycles. The van der Waals surface area contributed by atoms with E-state index < -0.39 is 0 Å². The number of rotatable bonds is 3. The molecule has 4 rings (SSSR count). The standard InChI is InChI=1S/C18H29N5O2/c1-2-22-13-19-21-16(22)15-11-23(12-18(15)7-9-25-10-8-18)17(24)20-14-5-3-4-6-14/h13-15H,2-12H2,1H3,(H,20,24). The summed E-state index contributed by atoms with van der Waals surface area (Å²) < 4.78 is 7.75. The summed E-state index contributed by atoms with van der Waals surface area (Å²) in [4.78, 5) is 14.9. The van der Waals surface area contributed by atoms with Crippen LogP contribution in [0.4, 0.5) is 4.79 Å². The van der Waals surface area contributed by atoms with Crippen molar-refractivity contribution in [3.63, 3.8) is 0 Å². The van der Waals surface area contributed by atoms with E-state index in [2.05, 4.69) is 27.0 Å². The molecule has 1 aliphatic carbocycles. The Bertz CT molecular complexity index is 604. The number of aryl methyl sites for hydroxylation is 1. The van der Waals surface area contributed by atoms with Crippen molar-refractivity contribution in [2.45, 2.75) is 64.0 Å². The number of likely N-dealkylation sites (tertiary alicyclic amines) is 1. The van der Waals surface area contributed by atoms with Gasteiger partial charge in [0, 0.05) is 50.2 Å². The minimum atomic E-state index is 0.0746. The van der Waals surface area contributed by atoms with Gasteiger partial charge in [-0.3, -0.25) is 0 Å². The third-order valence-electron chi connectivity index (χ3n) is 6.40. The van der Waals surface area contributed by atoms with Crippen molar-refractivity contribution < 1.29 is 9.53 Å². The molecule has 1 aromatic heterocycles. The molecular weight excluding hydrogens is 318 g/mol. The Labute approximate surface area is 149 Å². The summed E-state index contributed by atoms with van der Waals surface area (Å²) in [5, 5.41) is 11.8. The average Bonchev–Trinajstić information content (AvgIpc) is 3.35. The first-order chi connectivity index (χ1) is 12.2. The van der Waals surface area contributed by atoms with Crippen molar-refractivity contribution in [1.82, 2.24) is 25.0 Å². The van der Waals surface area contributed by atoms with Gasteiger partial charge in [-0.2, -0.15) is 0 Å². The van der Waals surface area contributed by atoms with Crippen molar-refractivity contribution in [3.8, 4) is 0 Å². The Kier molecular flexibility index (Phi) is 4.67. The topological polar surface area (TPSA) is 72.3 Å². The third-order valence-corrected chi connectivity index (χ3v) is 6.40. The smallest absolute Gasteiger partial charge is 0.317 e. The molecule has 1 unspecified atom stereocenters. The molecule has 138 valence electrons. The highest BCUT2D eigenvalue weighted by atomic mass is 16.5. The van der Waals surface area contributed by atoms with E-state index in [1.807, 2.05) is 11.2 Å². The highest BCUT2D eigenvalue weighted by molar-refractivity contribution is 5.75. The molecule has 7 nitrogen and oxygen atoms in total. The monoisotopic (exact) mass is 347 g/mol. The second kappa shape index (κ2) is 6.94. The molecule has 3 fully saturated rings. The fourth-order valence-electron chi connectivity index (χ4n) is 4.88. The molecule has 3 heterocycles. The van der Waals surface area contributed by atoms with Gasteiger partial charge >= 0.3 is 6.03 Å². The summed E-state index contributed by atoms with van der Waals surface area (Å²) in [5.74, 6) is 1.27. The van der Waals surface area contributed by atoms with Gasteiger partial charge < -0.3 is 19.5 Å². The summed E-state index contributed by atoms with van der Waals surface area (Å²) in [6, 6.07) is 0.458. The Morgan fingerprint density at radius 3 is 2.84 bits per heavy atom. The van der Waals surface area contributed by atoms with Crippen molar-refractivity contribution in [1.29, 1.82) is 0 Å². The molecule has 1 saturated carbocycles. The summed E-state index contributed by atoms with van der Waals surface area (Å²) in [6.45, 7) is 6.06. The first-order valence-corrected chi connectivity index (χ1v) is 9.73. The van der Waals surface area contributed by atoms with Crippen LogP contribution in [0.5, 0.6) is 0 Å². The van der Waals surface area contributed by atoms with Gasteiger partial charge in [-0.1, -0.05) is 12.8 Å². The Hall–Kier alpha value is -1.63. The molecule has 2 amide bonds. The predicted molar refractivity (Wildman–Crippen MR) is 93.3 cm³/mol. The number of hydrogen-bond acceptors (Lipinski definition) is 4. The van der Waals surface area contributed by atoms with Crippen LogP contribution >= 0.6 is 0 Å². The van der Waals surface area contributed by atoms with Gasteiger partial charge in [0.05, 0.1) is 0 Å². The Morgan fingerprint density at radius 2 is 2.12 bits per heavy atom. The minimum absolute atomic E-state index is 0.0746. The number of nitrogens with one attached hydrogen (secondary N) is 1. The fraction of sp³-hybridized carbons (Fsp3) is 0.833. The first-order valence-electron chi connectivity index (χ1n) is 9.73. The number of urea groups is 1. The zero-order chi connectivity index (χ0) is 17.3. The van der Waals surface area contributed by atoms with Crippen LogP contribution < -0.4 is 5.32 Å². The van der Waals surface area contributed by atoms with Gasteiger partial charge in [0.15, 0.2) is 0 Å². The molecule has 1 spiro atoms. The molecular formula is C18H29N5O2. The lowest BCUT2D eigenvalue weighted by molar-refractivity contribution is 0.0119. The third kappa shape index (κ3) is 3.14. The van der Waals surface area contributed by atoms with E-state index in [1.165, 1.54) is 12.8 Å². The molecule has 0 aromatic carbocycles. The number of nitrogens with zero attached hydrogens (tertiary/aromatic N) is 4. The average molecular weight is 347 g/mol. The lowest BCUT2D eigenvalue weighted by Gasteiger charge is -2.37. The SMILES string of the molecule is CCn1cnnc1C1CN(C(=O)NC2CCCC2)CC12CCOCC2. The molecule has 0 bridgehead atoms. The highest BCUT2D eigenvalue weighted by Gasteiger charge is 2.51. The summed E-state index contributed by atoms with van der Waals surface area (Å²) in [5.41, 5.74) is 0.0746. The van der Waals surface area contributed by atoms with Crippen LogP contribution in [0.1, 0.15) is 57.2 Å². The van der Waals surface area contributed by atoms with Gasteiger partial charge in [-0.05, 0) is 32.6 Å². The minimum Gasteiger partial charge on any atom is -0.381 e. The second-order valence-electron chi connectivity index (χ2n) is 7.81. The van der Waals surface area contributed by atoms with E-state index in [9.17, 15) is 4.79 Å². The summed E-state index contributed by atoms with van der Waals surface area (Å²) >= 11 is 0. The lowest BCUT2D eigenvalue weighted by Crippen LogP contribution is -2.44. The number of ether oxygens (including phenoxy) is 1. The van der Waals surface area contributed by atoms with Crippen LogP contribution in [-0.4, -0.2) is 58.0 Å². The van der Waals surface area contributed by atoms with Crippen LogP contribution in [0.15, 0.2) is 6.33 Å². The van der Waals surface area contributed by atoms with E-state index in [1.54, 1.807) is 0 Å². The normalized spacial score (nSPS) is 26.4. The highest BCUT2D eigenvalue weighted by Crippen LogP contribution is 2.49. The maximum absolute atomic E-state index is 12.8. The largest absolute Gasteiger partial charge is 0.381 e. The van der Waals surface area contributed by atoms with Crippen LogP contribution in [0.3, 0.4) is 0 Å². The van der Waals surface area contributed by atoms with Gasteiger partial charge in [0.2, 0.25) is 0 Å². The zero-order valence-corrected chi connectivity index (χ0v) is 15.1. The second-order valence-corrected chi connectivity index (χ2v) is 7.81. The number of hydrogen-bond donors (Lipinski definition) is 1. The number of amides is 2. The zero-order valence-electron chi connectivity index (χ0n) is 15.1. The maximum Gasteiger partial charge on any atom is 0.317 e. The molecule has 2 saturated heterocycles.